The number of Topliss-reactive ketones (excluding diaryl/α,β-unsaturated/α-hetero) is 1. The molecule has 31 heavy (non-hydrogen) atoms. The summed E-state index contributed by atoms with van der Waals surface area (Å²) in [7, 11) is 0. The molecule has 2 N–H and O–H groups in total. The molecule has 2 aliphatic heterocycles. The fraction of sp³-hybridized carbons (Fsp3) is 0.815. The number of ether oxygens (including phenoxy) is 1. The maximum Gasteiger partial charge on any atom is 0.164 e. The topological polar surface area (TPSA) is 66.8 Å². The number of carbonyl (C=O) groups is 1. The molecular weight excluding hydrogens is 388 g/mol. The van der Waals surface area contributed by atoms with E-state index in [2.05, 4.69) is 46.8 Å². The Balaban J connectivity index is 1.47. The van der Waals surface area contributed by atoms with E-state index in [-0.39, 0.29) is 39.5 Å². The number of carbonyl (C=O) groups excluding carboxylic acids is 1. The van der Waals surface area contributed by atoms with E-state index in [1.807, 2.05) is 0 Å². The Kier molecular flexibility index (Phi) is 3.82. The fourth-order valence-electron chi connectivity index (χ4n) is 9.85. The summed E-state index contributed by atoms with van der Waals surface area (Å²) in [6.07, 6.45) is 10.0. The van der Waals surface area contributed by atoms with Gasteiger partial charge in [-0.15, -0.1) is 0 Å². The summed E-state index contributed by atoms with van der Waals surface area (Å²) in [4.78, 5) is 12.5. The molecule has 9 atom stereocenters. The molecule has 0 aromatic carbocycles. The van der Waals surface area contributed by atoms with Gasteiger partial charge in [0.15, 0.2) is 5.78 Å². The second kappa shape index (κ2) is 5.74. The molecule has 0 amide bonds. The summed E-state index contributed by atoms with van der Waals surface area (Å²) in [6, 6.07) is 0. The number of rotatable bonds is 0. The van der Waals surface area contributed by atoms with Gasteiger partial charge in [-0.1, -0.05) is 46.8 Å². The molecule has 0 aromatic rings. The van der Waals surface area contributed by atoms with Gasteiger partial charge >= 0.3 is 0 Å². The van der Waals surface area contributed by atoms with E-state index in [1.54, 1.807) is 0 Å². The lowest BCUT2D eigenvalue weighted by Gasteiger charge is -2.52. The zero-order valence-electron chi connectivity index (χ0n) is 19.7. The number of aliphatic hydroxyl groups is 2. The van der Waals surface area contributed by atoms with Crippen LogP contribution in [0.15, 0.2) is 23.3 Å². The highest BCUT2D eigenvalue weighted by atomic mass is 16.5. The number of aliphatic hydroxyl groups excluding tert-OH is 1. The van der Waals surface area contributed by atoms with E-state index in [9.17, 15) is 15.0 Å². The van der Waals surface area contributed by atoms with Crippen LogP contribution in [-0.4, -0.2) is 39.4 Å². The zero-order chi connectivity index (χ0) is 22.2. The van der Waals surface area contributed by atoms with Crippen LogP contribution in [0.25, 0.3) is 0 Å². The third-order valence-corrected chi connectivity index (χ3v) is 11.3. The zero-order valence-corrected chi connectivity index (χ0v) is 19.7. The molecular formula is C27H38O4. The van der Waals surface area contributed by atoms with Gasteiger partial charge in [-0.05, 0) is 65.9 Å². The number of fused-ring (bicyclic) bond motifs is 6. The van der Waals surface area contributed by atoms with E-state index in [4.69, 9.17) is 4.74 Å². The molecule has 2 bridgehead atoms. The molecule has 2 saturated heterocycles. The smallest absolute Gasteiger partial charge is 0.164 e. The van der Waals surface area contributed by atoms with Crippen LogP contribution in [0.4, 0.5) is 0 Å². The Labute approximate surface area is 186 Å². The quantitative estimate of drug-likeness (QED) is 0.605. The van der Waals surface area contributed by atoms with E-state index < -0.39 is 11.7 Å². The van der Waals surface area contributed by atoms with Crippen LogP contribution in [-0.2, 0) is 9.53 Å². The monoisotopic (exact) mass is 426 g/mol. The van der Waals surface area contributed by atoms with Crippen molar-refractivity contribution in [2.24, 2.45) is 34.0 Å². The van der Waals surface area contributed by atoms with Gasteiger partial charge in [0.25, 0.3) is 0 Å². The van der Waals surface area contributed by atoms with Gasteiger partial charge in [0.2, 0.25) is 0 Å². The fourth-order valence-corrected chi connectivity index (χ4v) is 9.85. The first kappa shape index (κ1) is 20.6. The average Bonchev–Trinajstić information content (AvgIpc) is 3.18. The minimum atomic E-state index is -1.34. The molecule has 4 aliphatic carbocycles. The number of allylic oxidation sites excluding steroid dienone is 3. The number of hydrogen-bond donors (Lipinski definition) is 2. The van der Waals surface area contributed by atoms with Crippen LogP contribution in [0, 0.1) is 34.0 Å². The Morgan fingerprint density at radius 3 is 2.65 bits per heavy atom. The SMILES string of the molecule is C[C@@H]1CC(=O)[C@H](O)[C@@]2(O)C[C@@]3(C)C4=CCC5C(C)(C)[C@@H]6CC[C@@]5(CC4=CC[C@]3(C)[C@@H]12)O6. The van der Waals surface area contributed by atoms with Gasteiger partial charge in [0, 0.05) is 24.2 Å². The Morgan fingerprint density at radius 1 is 1.16 bits per heavy atom. The average molecular weight is 427 g/mol. The molecule has 4 nitrogen and oxygen atoms in total. The second-order valence-corrected chi connectivity index (χ2v) is 13.0. The van der Waals surface area contributed by atoms with Crippen LogP contribution in [0.2, 0.25) is 0 Å². The van der Waals surface area contributed by atoms with Crippen molar-refractivity contribution >= 4 is 5.78 Å². The summed E-state index contributed by atoms with van der Waals surface area (Å²) in [5, 5.41) is 22.7. The van der Waals surface area contributed by atoms with Gasteiger partial charge in [-0.2, -0.15) is 0 Å². The highest BCUT2D eigenvalue weighted by Crippen LogP contribution is 2.73. The standard InChI is InChI=1S/C27H38O4/c1-15-12-18(28)22(29)27(30)14-25(5)17-6-7-19-23(2,3)20-9-11-26(19,31-20)13-16(17)8-10-24(25,4)21(15)27/h6,8,15,19-22,29-30H,7,9-14H2,1-5H3/t15-,19?,20+,21-,22+,24-,25+,26+,27-/m1/s1. The summed E-state index contributed by atoms with van der Waals surface area (Å²) in [5.41, 5.74) is 1.13. The lowest BCUT2D eigenvalue weighted by atomic mass is 9.52. The molecule has 6 rings (SSSR count). The molecule has 6 aliphatic rings. The lowest BCUT2D eigenvalue weighted by Crippen LogP contribution is -2.58. The predicted octanol–water partition coefficient (Wildman–Crippen LogP) is 4.34. The Hall–Kier alpha value is -0.970. The third kappa shape index (κ3) is 2.16. The van der Waals surface area contributed by atoms with Gasteiger partial charge in [0.1, 0.15) is 11.7 Å². The predicted molar refractivity (Wildman–Crippen MR) is 118 cm³/mol. The van der Waals surface area contributed by atoms with Crippen LogP contribution in [0.5, 0.6) is 0 Å². The van der Waals surface area contributed by atoms with Crippen molar-refractivity contribution in [1.82, 2.24) is 0 Å². The van der Waals surface area contributed by atoms with Crippen LogP contribution in [0.1, 0.15) is 79.6 Å². The molecule has 1 unspecified atom stereocenters. The van der Waals surface area contributed by atoms with E-state index in [1.165, 1.54) is 11.1 Å². The van der Waals surface area contributed by atoms with E-state index in [0.29, 0.717) is 24.9 Å². The molecule has 170 valence electrons. The molecule has 1 spiro atoms. The van der Waals surface area contributed by atoms with Crippen LogP contribution in [0.3, 0.4) is 0 Å². The van der Waals surface area contributed by atoms with Gasteiger partial charge in [-0.3, -0.25) is 4.79 Å². The maximum absolute atomic E-state index is 12.5. The Bertz CT molecular complexity index is 932. The van der Waals surface area contributed by atoms with Crippen LogP contribution >= 0.6 is 0 Å². The first-order valence-corrected chi connectivity index (χ1v) is 12.4. The van der Waals surface area contributed by atoms with Gasteiger partial charge < -0.3 is 14.9 Å². The van der Waals surface area contributed by atoms with E-state index in [0.717, 1.165) is 32.1 Å². The first-order chi connectivity index (χ1) is 14.4. The van der Waals surface area contributed by atoms with Crippen molar-refractivity contribution in [3.05, 3.63) is 23.3 Å². The number of hydrogen-bond acceptors (Lipinski definition) is 4. The molecule has 2 heterocycles. The van der Waals surface area contributed by atoms with Crippen molar-refractivity contribution in [2.45, 2.75) is 103 Å². The molecule has 4 heteroatoms. The Morgan fingerprint density at radius 2 is 1.90 bits per heavy atom. The lowest BCUT2D eigenvalue weighted by molar-refractivity contribution is -0.172. The maximum atomic E-state index is 12.5. The second-order valence-electron chi connectivity index (χ2n) is 13.0. The highest BCUT2D eigenvalue weighted by Gasteiger charge is 2.73. The van der Waals surface area contributed by atoms with Crippen molar-refractivity contribution < 1.29 is 19.7 Å². The van der Waals surface area contributed by atoms with Gasteiger partial charge in [-0.25, -0.2) is 0 Å². The highest BCUT2D eigenvalue weighted by molar-refractivity contribution is 5.86. The van der Waals surface area contributed by atoms with Crippen molar-refractivity contribution in [3.8, 4) is 0 Å². The summed E-state index contributed by atoms with van der Waals surface area (Å²) in [5.74, 6) is 0.317. The summed E-state index contributed by atoms with van der Waals surface area (Å²) < 4.78 is 6.73. The van der Waals surface area contributed by atoms with E-state index >= 15 is 0 Å². The first-order valence-electron chi connectivity index (χ1n) is 12.4. The molecule has 0 aromatic heterocycles. The minimum Gasteiger partial charge on any atom is -0.386 e. The normalized spacial score (nSPS) is 56.7. The van der Waals surface area contributed by atoms with Gasteiger partial charge in [0.05, 0.1) is 11.7 Å². The van der Waals surface area contributed by atoms with Crippen molar-refractivity contribution in [3.63, 3.8) is 0 Å². The minimum absolute atomic E-state index is 0.0482. The van der Waals surface area contributed by atoms with Crippen molar-refractivity contribution in [1.29, 1.82) is 0 Å². The largest absolute Gasteiger partial charge is 0.386 e. The molecule has 0 radical (unpaired) electrons. The molecule has 4 fully saturated rings. The summed E-state index contributed by atoms with van der Waals surface area (Å²) in [6.45, 7) is 11.5. The third-order valence-electron chi connectivity index (χ3n) is 11.3. The number of ketones is 1. The molecule has 2 saturated carbocycles. The summed E-state index contributed by atoms with van der Waals surface area (Å²) >= 11 is 0. The van der Waals surface area contributed by atoms with Crippen LogP contribution < -0.4 is 0 Å². The van der Waals surface area contributed by atoms with Crippen molar-refractivity contribution in [2.75, 3.05) is 0 Å².